The number of hydrogen-bond acceptors (Lipinski definition) is 12. The lowest BCUT2D eigenvalue weighted by atomic mass is 10.0. The molecule has 0 N–H and O–H groups in total. The molecule has 1 aliphatic rings. The van der Waals surface area contributed by atoms with Crippen molar-refractivity contribution < 1.29 is 17.6 Å². The molecule has 2 aromatic carbocycles. The van der Waals surface area contributed by atoms with E-state index in [-0.39, 0.29) is 22.3 Å². The van der Waals surface area contributed by atoms with Gasteiger partial charge in [-0.25, -0.2) is 17.6 Å². The average Bonchev–Trinajstić information content (AvgIpc) is 4.52. The van der Waals surface area contributed by atoms with E-state index in [2.05, 4.69) is 77.9 Å². The molecular formula is C64H70F4N4S9. The van der Waals surface area contributed by atoms with Gasteiger partial charge in [0.05, 0.1) is 55.5 Å². The molecule has 0 spiro atoms. The van der Waals surface area contributed by atoms with Gasteiger partial charge in [-0.3, -0.25) is 0 Å². The van der Waals surface area contributed by atoms with Crippen molar-refractivity contribution >= 4 is 124 Å². The molecule has 2 atom stereocenters. The zero-order valence-corrected chi connectivity index (χ0v) is 54.4. The van der Waals surface area contributed by atoms with Crippen molar-refractivity contribution in [2.45, 2.75) is 167 Å². The van der Waals surface area contributed by atoms with Crippen molar-refractivity contribution in [3.05, 3.63) is 93.7 Å². The number of aryl methyl sites for hydroxylation is 2. The van der Waals surface area contributed by atoms with Crippen LogP contribution in [0.1, 0.15) is 154 Å². The zero-order valence-electron chi connectivity index (χ0n) is 47.0. The molecule has 0 amide bonds. The Bertz CT molecular complexity index is 3530. The van der Waals surface area contributed by atoms with Crippen LogP contribution in [0.15, 0.2) is 70.5 Å². The smallest absolute Gasteiger partial charge is 0.170 e. The van der Waals surface area contributed by atoms with Crippen molar-refractivity contribution in [3.8, 4) is 71.0 Å². The maximum atomic E-state index is 17.5. The molecule has 0 saturated carbocycles. The highest BCUT2D eigenvalue weighted by Crippen LogP contribution is 2.77. The number of unbranched alkanes of at least 4 members (excludes halogenated alkanes) is 8. The molecule has 0 bridgehead atoms. The first-order valence-corrected chi connectivity index (χ1v) is 37.6. The standard InChI is InChI=1S/C64H70F4N4S9/c1-7-13-17-19-23-39-25-27-41(73-39)43-29-31-45(75-43)51-55(65)57(67)53(61-59(51)69-79-71-61)47-33-49-63(77-47)64-50(81(49,35-37(11-5)21-15-9-3)36-38(12-6)22-16-10-4)34-48(78-64)54-58(68)56(66)52(60-62(54)72-80-70-60)46-32-30-44(76-46)42-28-26-40(74-42)24-20-18-14-8-2/h25-34,37-38H,7-24,35-36H2,1-6H3. The van der Waals surface area contributed by atoms with Crippen molar-refractivity contribution in [1.82, 2.24) is 17.5 Å². The Balaban J connectivity index is 1.02. The minimum absolute atomic E-state index is 0.141. The van der Waals surface area contributed by atoms with E-state index in [4.69, 9.17) is 17.5 Å². The van der Waals surface area contributed by atoms with Crippen LogP contribution in [0.2, 0.25) is 0 Å². The van der Waals surface area contributed by atoms with Gasteiger partial charge in [0.2, 0.25) is 0 Å². The van der Waals surface area contributed by atoms with Gasteiger partial charge in [0, 0.05) is 58.6 Å². The Labute approximate surface area is 509 Å². The lowest BCUT2D eigenvalue weighted by Gasteiger charge is -2.42. The molecule has 0 saturated heterocycles. The van der Waals surface area contributed by atoms with E-state index < -0.39 is 33.3 Å². The second-order valence-corrected chi connectivity index (χ2v) is 32.8. The van der Waals surface area contributed by atoms with Crippen LogP contribution < -0.4 is 0 Å². The fourth-order valence-electron chi connectivity index (χ4n) is 11.8. The Kier molecular flexibility index (Phi) is 19.2. The second-order valence-electron chi connectivity index (χ2n) is 21.8. The predicted octanol–water partition coefficient (Wildman–Crippen LogP) is 24.5. The van der Waals surface area contributed by atoms with Crippen molar-refractivity contribution in [3.63, 3.8) is 0 Å². The van der Waals surface area contributed by atoms with E-state index in [1.807, 2.05) is 24.3 Å². The minimum atomic E-state index is -1.90. The van der Waals surface area contributed by atoms with E-state index in [1.54, 1.807) is 22.7 Å². The number of aromatic nitrogens is 4. The van der Waals surface area contributed by atoms with Gasteiger partial charge in [-0.15, -0.1) is 68.0 Å². The fourth-order valence-corrected chi connectivity index (χ4v) is 26.2. The van der Waals surface area contributed by atoms with Crippen molar-refractivity contribution in [2.75, 3.05) is 11.5 Å². The normalized spacial score (nSPS) is 14.2. The molecular weight excluding hydrogens is 1190 g/mol. The molecule has 428 valence electrons. The molecule has 10 aromatic rings. The van der Waals surface area contributed by atoms with Gasteiger partial charge in [-0.05, 0) is 123 Å². The summed E-state index contributed by atoms with van der Waals surface area (Å²) in [4.78, 5) is 13.9. The molecule has 1 aliphatic heterocycles. The summed E-state index contributed by atoms with van der Waals surface area (Å²) < 4.78 is 88.5. The molecule has 81 heavy (non-hydrogen) atoms. The van der Waals surface area contributed by atoms with Crippen molar-refractivity contribution in [1.29, 1.82) is 0 Å². The molecule has 0 radical (unpaired) electrons. The number of fused-ring (bicyclic) bond motifs is 5. The quantitative estimate of drug-likeness (QED) is 0.0362. The molecule has 9 heterocycles. The number of benzene rings is 2. The Morgan fingerprint density at radius 2 is 0.728 bits per heavy atom. The highest BCUT2D eigenvalue weighted by molar-refractivity contribution is 8.34. The number of rotatable bonds is 28. The van der Waals surface area contributed by atoms with Gasteiger partial charge in [0.15, 0.2) is 23.3 Å². The zero-order chi connectivity index (χ0) is 56.4. The first kappa shape index (κ1) is 59.1. The number of nitrogens with zero attached hydrogens (tertiary/aromatic N) is 4. The van der Waals surface area contributed by atoms with Crippen LogP contribution in [-0.2, 0) is 12.8 Å². The third-order valence-electron chi connectivity index (χ3n) is 16.3. The summed E-state index contributed by atoms with van der Waals surface area (Å²) in [5.41, 5.74) is 2.03. The largest absolute Gasteiger partial charge is 0.203 e. The fraction of sp³-hybridized carbons (Fsp3) is 0.438. The summed E-state index contributed by atoms with van der Waals surface area (Å²) in [5, 5.41) is 0. The lowest BCUT2D eigenvalue weighted by Crippen LogP contribution is -2.21. The molecule has 8 aromatic heterocycles. The van der Waals surface area contributed by atoms with Crippen LogP contribution in [0.3, 0.4) is 0 Å². The second kappa shape index (κ2) is 26.3. The summed E-state index contributed by atoms with van der Waals surface area (Å²) in [7, 11) is -1.90. The van der Waals surface area contributed by atoms with Gasteiger partial charge < -0.3 is 0 Å². The third kappa shape index (κ3) is 11.6. The molecule has 11 rings (SSSR count). The van der Waals surface area contributed by atoms with Gasteiger partial charge in [0.25, 0.3) is 0 Å². The summed E-state index contributed by atoms with van der Waals surface area (Å²) in [5.74, 6) is -1.00. The summed E-state index contributed by atoms with van der Waals surface area (Å²) in [6.45, 7) is 13.5. The van der Waals surface area contributed by atoms with Crippen molar-refractivity contribution in [2.24, 2.45) is 11.8 Å². The Morgan fingerprint density at radius 1 is 0.383 bits per heavy atom. The first-order chi connectivity index (χ1) is 39.5. The van der Waals surface area contributed by atoms with Crippen LogP contribution in [0.5, 0.6) is 0 Å². The Hall–Kier alpha value is -3.65. The first-order valence-electron chi connectivity index (χ1n) is 29.3. The van der Waals surface area contributed by atoms with E-state index in [9.17, 15) is 0 Å². The molecule has 4 nitrogen and oxygen atoms in total. The number of thiophene rings is 6. The SMILES string of the molecule is CCCCCCc1ccc(-c2ccc(-c3c(F)c(F)c(-c4cc5c(s4)-c4sc(-c6c(F)c(F)c(-c7ccc(-c8ccc(CCCCCC)s8)s7)c7nsnc67)cc4S5(CC(CC)CCCC)CC(CC)CCCC)c4nsnc34)s2)s1. The summed E-state index contributed by atoms with van der Waals surface area (Å²) in [6, 6.07) is 20.8. The molecule has 17 heteroatoms. The van der Waals surface area contributed by atoms with E-state index in [0.717, 1.165) is 141 Å². The van der Waals surface area contributed by atoms with Crippen LogP contribution in [0.25, 0.3) is 93.1 Å². The van der Waals surface area contributed by atoms with Crippen LogP contribution in [0.4, 0.5) is 17.6 Å². The molecule has 2 unspecified atom stereocenters. The summed E-state index contributed by atoms with van der Waals surface area (Å²) >= 11 is 11.4. The van der Waals surface area contributed by atoms with Gasteiger partial charge >= 0.3 is 0 Å². The molecule has 0 fully saturated rings. The van der Waals surface area contributed by atoms with Gasteiger partial charge in [-0.1, -0.05) is 119 Å². The van der Waals surface area contributed by atoms with E-state index >= 15 is 17.6 Å². The van der Waals surface area contributed by atoms with E-state index in [1.165, 1.54) is 103 Å². The van der Waals surface area contributed by atoms with Crippen LogP contribution in [-0.4, -0.2) is 29.0 Å². The lowest BCUT2D eigenvalue weighted by molar-refractivity contribution is 0.484. The highest BCUT2D eigenvalue weighted by atomic mass is 32.3. The average molecular weight is 1260 g/mol. The monoisotopic (exact) mass is 1260 g/mol. The minimum Gasteiger partial charge on any atom is -0.203 e. The van der Waals surface area contributed by atoms with Gasteiger partial charge in [0.1, 0.15) is 22.1 Å². The van der Waals surface area contributed by atoms with E-state index in [0.29, 0.717) is 53.4 Å². The predicted molar refractivity (Wildman–Crippen MR) is 350 cm³/mol. The maximum absolute atomic E-state index is 17.5. The molecule has 0 aliphatic carbocycles. The van der Waals surface area contributed by atoms with Crippen LogP contribution >= 0.6 is 102 Å². The maximum Gasteiger partial charge on any atom is 0.170 e. The van der Waals surface area contributed by atoms with Gasteiger partial charge in [-0.2, -0.15) is 27.5 Å². The number of hydrogen-bond donors (Lipinski definition) is 0. The third-order valence-corrected chi connectivity index (χ3v) is 29.4. The summed E-state index contributed by atoms with van der Waals surface area (Å²) in [6.07, 6.45) is 20.3. The topological polar surface area (TPSA) is 51.6 Å². The van der Waals surface area contributed by atoms with Crippen LogP contribution in [0, 0.1) is 35.1 Å². The Morgan fingerprint density at radius 3 is 1.10 bits per heavy atom. The number of halogens is 4. The highest BCUT2D eigenvalue weighted by Gasteiger charge is 2.46.